The Kier molecular flexibility index (Phi) is 5.32. The van der Waals surface area contributed by atoms with Crippen molar-refractivity contribution < 1.29 is 18.7 Å². The lowest BCUT2D eigenvalue weighted by molar-refractivity contribution is -0.140. The van der Waals surface area contributed by atoms with Crippen LogP contribution in [-0.2, 0) is 22.5 Å². The molecule has 0 aliphatic rings. The minimum absolute atomic E-state index is 0.275. The molecule has 2 rings (SSSR count). The van der Waals surface area contributed by atoms with Gasteiger partial charge in [0.15, 0.2) is 6.29 Å². The number of carbonyl (C=O) groups excluding carboxylic acids is 2. The smallest absolute Gasteiger partial charge is 0.305 e. The fraction of sp³-hybridized carbons (Fsp3) is 0.333. The summed E-state index contributed by atoms with van der Waals surface area (Å²) in [4.78, 5) is 22.8. The standard InChI is InChI=1S/C18H20FNO3/c1-12-16(8-9-18(22)23-3)13(2)20(17(12)11-21)10-14-4-6-15(19)7-5-14/h4-7,11H,8-10H2,1-3H3. The number of benzene rings is 1. The van der Waals surface area contributed by atoms with Gasteiger partial charge in [-0.3, -0.25) is 9.59 Å². The normalized spacial score (nSPS) is 10.6. The quantitative estimate of drug-likeness (QED) is 0.607. The number of aldehydes is 1. The molecule has 1 aromatic heterocycles. The predicted molar refractivity (Wildman–Crippen MR) is 85.1 cm³/mol. The van der Waals surface area contributed by atoms with Gasteiger partial charge < -0.3 is 9.30 Å². The summed E-state index contributed by atoms with van der Waals surface area (Å²) in [6.07, 6.45) is 1.63. The summed E-state index contributed by atoms with van der Waals surface area (Å²) in [6.45, 7) is 4.29. The van der Waals surface area contributed by atoms with Crippen molar-refractivity contribution in [2.24, 2.45) is 0 Å². The Labute approximate surface area is 134 Å². The van der Waals surface area contributed by atoms with Gasteiger partial charge in [-0.2, -0.15) is 0 Å². The number of esters is 1. The first kappa shape index (κ1) is 16.9. The van der Waals surface area contributed by atoms with Gasteiger partial charge in [-0.05, 0) is 49.1 Å². The first-order valence-corrected chi connectivity index (χ1v) is 7.43. The van der Waals surface area contributed by atoms with Crippen molar-refractivity contribution >= 4 is 12.3 Å². The summed E-state index contributed by atoms with van der Waals surface area (Å²) in [5.74, 6) is -0.564. The molecule has 0 unspecified atom stereocenters. The second-order valence-corrected chi connectivity index (χ2v) is 5.48. The zero-order chi connectivity index (χ0) is 17.0. The Morgan fingerprint density at radius 2 is 1.91 bits per heavy atom. The zero-order valence-electron chi connectivity index (χ0n) is 13.6. The van der Waals surface area contributed by atoms with Crippen molar-refractivity contribution in [3.63, 3.8) is 0 Å². The molecule has 0 radical (unpaired) electrons. The lowest BCUT2D eigenvalue weighted by Gasteiger charge is -2.09. The van der Waals surface area contributed by atoms with Crippen LogP contribution in [0.15, 0.2) is 24.3 Å². The predicted octanol–water partition coefficient (Wildman–Crippen LogP) is 3.21. The number of carbonyl (C=O) groups is 2. The van der Waals surface area contributed by atoms with E-state index in [1.165, 1.54) is 19.2 Å². The van der Waals surface area contributed by atoms with Crippen molar-refractivity contribution in [2.75, 3.05) is 7.11 Å². The summed E-state index contributed by atoms with van der Waals surface area (Å²) in [6, 6.07) is 6.21. The van der Waals surface area contributed by atoms with Gasteiger partial charge in [0, 0.05) is 18.7 Å². The second-order valence-electron chi connectivity index (χ2n) is 5.48. The molecule has 0 aliphatic carbocycles. The zero-order valence-corrected chi connectivity index (χ0v) is 13.6. The Bertz CT molecular complexity index is 717. The third-order valence-electron chi connectivity index (χ3n) is 4.14. The first-order valence-electron chi connectivity index (χ1n) is 7.43. The molecular weight excluding hydrogens is 297 g/mol. The number of halogens is 1. The van der Waals surface area contributed by atoms with Gasteiger partial charge in [0.25, 0.3) is 0 Å². The van der Waals surface area contributed by atoms with Crippen molar-refractivity contribution in [2.45, 2.75) is 33.2 Å². The lowest BCUT2D eigenvalue weighted by atomic mass is 10.1. The maximum Gasteiger partial charge on any atom is 0.305 e. The number of hydrogen-bond acceptors (Lipinski definition) is 3. The van der Waals surface area contributed by atoms with E-state index in [-0.39, 0.29) is 18.2 Å². The van der Waals surface area contributed by atoms with Crippen LogP contribution in [0, 0.1) is 19.7 Å². The van der Waals surface area contributed by atoms with Gasteiger partial charge in [-0.1, -0.05) is 12.1 Å². The highest BCUT2D eigenvalue weighted by Gasteiger charge is 2.18. The SMILES string of the molecule is COC(=O)CCc1c(C)c(C=O)n(Cc2ccc(F)cc2)c1C. The molecule has 2 aromatic rings. The van der Waals surface area contributed by atoms with Crippen molar-refractivity contribution in [1.29, 1.82) is 0 Å². The highest BCUT2D eigenvalue weighted by atomic mass is 19.1. The second kappa shape index (κ2) is 7.22. The molecule has 0 saturated carbocycles. The fourth-order valence-corrected chi connectivity index (χ4v) is 2.80. The monoisotopic (exact) mass is 317 g/mol. The topological polar surface area (TPSA) is 48.3 Å². The Hall–Kier alpha value is -2.43. The van der Waals surface area contributed by atoms with Crippen LogP contribution in [0.3, 0.4) is 0 Å². The first-order chi connectivity index (χ1) is 11.0. The Morgan fingerprint density at radius 3 is 2.48 bits per heavy atom. The van der Waals surface area contributed by atoms with E-state index in [0.29, 0.717) is 18.7 Å². The van der Waals surface area contributed by atoms with Crippen LogP contribution < -0.4 is 0 Å². The molecule has 122 valence electrons. The fourth-order valence-electron chi connectivity index (χ4n) is 2.80. The average molecular weight is 317 g/mol. The molecule has 0 saturated heterocycles. The molecule has 4 nitrogen and oxygen atoms in total. The van der Waals surface area contributed by atoms with Gasteiger partial charge in [0.05, 0.1) is 12.8 Å². The van der Waals surface area contributed by atoms with E-state index in [4.69, 9.17) is 0 Å². The lowest BCUT2D eigenvalue weighted by Crippen LogP contribution is -2.07. The number of methoxy groups -OCH3 is 1. The van der Waals surface area contributed by atoms with Gasteiger partial charge >= 0.3 is 5.97 Å². The summed E-state index contributed by atoms with van der Waals surface area (Å²) >= 11 is 0. The van der Waals surface area contributed by atoms with Crippen LogP contribution in [0.2, 0.25) is 0 Å². The van der Waals surface area contributed by atoms with E-state index < -0.39 is 0 Å². The van der Waals surface area contributed by atoms with Crippen LogP contribution in [-0.4, -0.2) is 23.9 Å². The van der Waals surface area contributed by atoms with E-state index >= 15 is 0 Å². The third-order valence-corrected chi connectivity index (χ3v) is 4.14. The third kappa shape index (κ3) is 3.67. The number of aromatic nitrogens is 1. The molecule has 0 N–H and O–H groups in total. The minimum atomic E-state index is -0.288. The Balaban J connectivity index is 2.33. The largest absolute Gasteiger partial charge is 0.469 e. The Morgan fingerprint density at radius 1 is 1.26 bits per heavy atom. The summed E-state index contributed by atoms with van der Waals surface area (Å²) in [5, 5.41) is 0. The summed E-state index contributed by atoms with van der Waals surface area (Å²) in [5.41, 5.74) is 4.31. The van der Waals surface area contributed by atoms with E-state index in [9.17, 15) is 14.0 Å². The van der Waals surface area contributed by atoms with Crippen LogP contribution >= 0.6 is 0 Å². The van der Waals surface area contributed by atoms with Gasteiger partial charge in [0.2, 0.25) is 0 Å². The number of hydrogen-bond donors (Lipinski definition) is 0. The van der Waals surface area contributed by atoms with Crippen LogP contribution in [0.5, 0.6) is 0 Å². The van der Waals surface area contributed by atoms with Gasteiger partial charge in [0.1, 0.15) is 5.82 Å². The van der Waals surface area contributed by atoms with Crippen molar-refractivity contribution in [3.8, 4) is 0 Å². The van der Waals surface area contributed by atoms with E-state index in [2.05, 4.69) is 4.74 Å². The molecule has 0 aliphatic heterocycles. The molecule has 0 spiro atoms. The highest BCUT2D eigenvalue weighted by Crippen LogP contribution is 2.24. The molecule has 23 heavy (non-hydrogen) atoms. The molecule has 0 amide bonds. The number of ether oxygens (including phenoxy) is 1. The van der Waals surface area contributed by atoms with Crippen molar-refractivity contribution in [3.05, 3.63) is 58.2 Å². The number of rotatable bonds is 6. The maximum atomic E-state index is 13.0. The van der Waals surface area contributed by atoms with Gasteiger partial charge in [-0.25, -0.2) is 4.39 Å². The molecule has 1 heterocycles. The highest BCUT2D eigenvalue weighted by molar-refractivity contribution is 5.77. The van der Waals surface area contributed by atoms with Crippen LogP contribution in [0.25, 0.3) is 0 Å². The summed E-state index contributed by atoms with van der Waals surface area (Å²) in [7, 11) is 1.36. The molecule has 0 atom stereocenters. The molecular formula is C18H20FNO3. The number of nitrogens with zero attached hydrogens (tertiary/aromatic N) is 1. The molecule has 0 bridgehead atoms. The van der Waals surface area contributed by atoms with Crippen LogP contribution in [0.1, 0.15) is 39.3 Å². The summed E-state index contributed by atoms with van der Waals surface area (Å²) < 4.78 is 19.6. The maximum absolute atomic E-state index is 13.0. The van der Waals surface area contributed by atoms with E-state index in [1.807, 2.05) is 18.4 Å². The minimum Gasteiger partial charge on any atom is -0.469 e. The average Bonchev–Trinajstić information content (AvgIpc) is 2.77. The molecule has 0 fully saturated rings. The van der Waals surface area contributed by atoms with Crippen molar-refractivity contribution in [1.82, 2.24) is 4.57 Å². The molecule has 1 aromatic carbocycles. The van der Waals surface area contributed by atoms with Crippen LogP contribution in [0.4, 0.5) is 4.39 Å². The van der Waals surface area contributed by atoms with E-state index in [1.54, 1.807) is 12.1 Å². The molecule has 5 heteroatoms. The van der Waals surface area contributed by atoms with E-state index in [0.717, 1.165) is 28.7 Å². The van der Waals surface area contributed by atoms with Gasteiger partial charge in [-0.15, -0.1) is 0 Å².